The third-order valence-electron chi connectivity index (χ3n) is 2.43. The maximum absolute atomic E-state index is 3.28. The maximum atomic E-state index is 3.28. The van der Waals surface area contributed by atoms with Gasteiger partial charge in [-0.3, -0.25) is 0 Å². The molecule has 0 fully saturated rings. The van der Waals surface area contributed by atoms with E-state index in [-0.39, 0.29) is 0 Å². The summed E-state index contributed by atoms with van der Waals surface area (Å²) in [5, 5.41) is 1.42. The van der Waals surface area contributed by atoms with Gasteiger partial charge in [0.05, 0.1) is 8.07 Å². The zero-order valence-corrected chi connectivity index (χ0v) is 14.3. The molecule has 0 aliphatic carbocycles. The second-order valence-corrected chi connectivity index (χ2v) is 16.3. The van der Waals surface area contributed by atoms with E-state index in [9.17, 15) is 0 Å². The molecule has 0 saturated carbocycles. The minimum absolute atomic E-state index is 1.15. The van der Waals surface area contributed by atoms with Gasteiger partial charge in [-0.15, -0.1) is 5.54 Å². The Morgan fingerprint density at radius 3 is 2.00 bits per heavy atom. The van der Waals surface area contributed by atoms with Crippen molar-refractivity contribution in [2.24, 2.45) is 0 Å². The first-order valence-corrected chi connectivity index (χ1v) is 13.3. The predicted octanol–water partition coefficient (Wildman–Crippen LogP) is 3.46. The first-order valence-electron chi connectivity index (χ1n) is 6.33. The topological polar surface area (TPSA) is 0 Å². The van der Waals surface area contributed by atoms with Crippen LogP contribution < -0.4 is 5.19 Å². The van der Waals surface area contributed by atoms with Gasteiger partial charge in [-0.25, -0.2) is 0 Å². The lowest BCUT2D eigenvalue weighted by molar-refractivity contribution is 1.64. The van der Waals surface area contributed by atoms with Crippen LogP contribution >= 0.6 is 0 Å². The Labute approximate surface area is 114 Å². The van der Waals surface area contributed by atoms with Crippen molar-refractivity contribution >= 4 is 21.3 Å². The Morgan fingerprint density at radius 1 is 0.833 bits per heavy atom. The van der Waals surface area contributed by atoms with E-state index in [1.165, 1.54) is 5.19 Å². The zero-order chi connectivity index (χ0) is 13.8. The van der Waals surface area contributed by atoms with Gasteiger partial charge in [-0.05, 0) is 23.1 Å². The molecule has 94 valence electrons. The summed E-state index contributed by atoms with van der Waals surface area (Å²) in [5.74, 6) is 9.26. The van der Waals surface area contributed by atoms with E-state index in [2.05, 4.69) is 86.9 Å². The molecule has 0 aliphatic heterocycles. The second-order valence-electron chi connectivity index (χ2n) is 6.55. The average molecular weight is 271 g/mol. The van der Waals surface area contributed by atoms with Crippen LogP contribution in [0.2, 0.25) is 39.3 Å². The van der Waals surface area contributed by atoms with Crippen molar-refractivity contribution in [3.8, 4) is 23.3 Å². The predicted molar refractivity (Wildman–Crippen MR) is 87.4 cm³/mol. The molecular weight excluding hydrogens is 248 g/mol. The first kappa shape index (κ1) is 14.8. The molecule has 0 amide bonds. The highest BCUT2D eigenvalue weighted by Gasteiger charge is 2.18. The molecular formula is C16H22Si2. The van der Waals surface area contributed by atoms with E-state index in [1.54, 1.807) is 0 Å². The van der Waals surface area contributed by atoms with E-state index in [1.807, 2.05) is 0 Å². The molecule has 0 radical (unpaired) electrons. The van der Waals surface area contributed by atoms with Crippen LogP contribution in [0.15, 0.2) is 24.3 Å². The van der Waals surface area contributed by atoms with E-state index in [4.69, 9.17) is 0 Å². The summed E-state index contributed by atoms with van der Waals surface area (Å²) in [4.78, 5) is 0. The zero-order valence-electron chi connectivity index (χ0n) is 12.3. The number of rotatable bonds is 1. The molecule has 0 atom stereocenters. The quantitative estimate of drug-likeness (QED) is 0.541. The summed E-state index contributed by atoms with van der Waals surface area (Å²) in [6.07, 6.45) is 0. The summed E-state index contributed by atoms with van der Waals surface area (Å²) in [6.45, 7) is 13.7. The van der Waals surface area contributed by atoms with Crippen molar-refractivity contribution in [2.45, 2.75) is 39.3 Å². The average Bonchev–Trinajstić information content (AvgIpc) is 2.22. The van der Waals surface area contributed by atoms with Crippen molar-refractivity contribution in [3.05, 3.63) is 29.8 Å². The van der Waals surface area contributed by atoms with Crippen molar-refractivity contribution in [3.63, 3.8) is 0 Å². The van der Waals surface area contributed by atoms with Gasteiger partial charge < -0.3 is 0 Å². The van der Waals surface area contributed by atoms with Crippen molar-refractivity contribution in [2.75, 3.05) is 0 Å². The standard InChI is InChI=1S/C16H22Si2/c1-17(2,3)14-10-9-12-15-11-7-8-13-16(15)18(4,5)6/h7-8,11,13H,1-6H3. The summed E-state index contributed by atoms with van der Waals surface area (Å²) >= 11 is 0. The molecule has 1 aromatic rings. The monoisotopic (exact) mass is 270 g/mol. The van der Waals surface area contributed by atoms with Gasteiger partial charge in [0.15, 0.2) is 0 Å². The Hall–Kier alpha value is -1.23. The molecule has 0 spiro atoms. The fourth-order valence-electron chi connectivity index (χ4n) is 1.56. The van der Waals surface area contributed by atoms with Crippen LogP contribution in [0, 0.1) is 23.3 Å². The molecule has 2 heteroatoms. The summed E-state index contributed by atoms with van der Waals surface area (Å²) in [5.41, 5.74) is 4.43. The van der Waals surface area contributed by atoms with Crippen molar-refractivity contribution in [1.82, 2.24) is 0 Å². The number of benzene rings is 1. The molecule has 0 nitrogen and oxygen atoms in total. The summed E-state index contributed by atoms with van der Waals surface area (Å²) in [6, 6.07) is 8.48. The van der Waals surface area contributed by atoms with Gasteiger partial charge in [-0.1, -0.05) is 63.4 Å². The molecule has 0 unspecified atom stereocenters. The molecule has 0 saturated heterocycles. The van der Waals surface area contributed by atoms with E-state index >= 15 is 0 Å². The molecule has 0 heterocycles. The second kappa shape index (κ2) is 5.61. The third-order valence-corrected chi connectivity index (χ3v) is 5.36. The summed E-state index contributed by atoms with van der Waals surface area (Å²) in [7, 11) is -2.62. The highest BCUT2D eigenvalue weighted by Crippen LogP contribution is 2.06. The van der Waals surface area contributed by atoms with Gasteiger partial charge in [0.1, 0.15) is 8.07 Å². The van der Waals surface area contributed by atoms with E-state index in [0.29, 0.717) is 0 Å². The molecule has 1 rings (SSSR count). The van der Waals surface area contributed by atoms with Crippen molar-refractivity contribution in [1.29, 1.82) is 0 Å². The summed E-state index contributed by atoms with van der Waals surface area (Å²) < 4.78 is 0. The lowest BCUT2D eigenvalue weighted by Gasteiger charge is -2.18. The van der Waals surface area contributed by atoms with Gasteiger partial charge >= 0.3 is 0 Å². The Kier molecular flexibility index (Phi) is 4.62. The number of hydrogen-bond donors (Lipinski definition) is 0. The Morgan fingerprint density at radius 2 is 1.44 bits per heavy atom. The molecule has 1 aromatic carbocycles. The minimum atomic E-state index is -1.32. The smallest absolute Gasteiger partial charge is 0.118 e. The molecule has 0 bridgehead atoms. The van der Waals surface area contributed by atoms with Crippen LogP contribution in [0.4, 0.5) is 0 Å². The van der Waals surface area contributed by atoms with Crippen molar-refractivity contribution < 1.29 is 0 Å². The molecule has 0 N–H and O–H groups in total. The SMILES string of the molecule is C[Si](C)(C)C#CC#Cc1ccccc1[Si](C)(C)C. The maximum Gasteiger partial charge on any atom is 0.130 e. The molecule has 18 heavy (non-hydrogen) atoms. The highest BCUT2D eigenvalue weighted by molar-refractivity contribution is 6.89. The van der Waals surface area contributed by atoms with Crippen LogP contribution in [-0.4, -0.2) is 16.1 Å². The fourth-order valence-corrected chi connectivity index (χ4v) is 3.55. The van der Waals surface area contributed by atoms with Crippen LogP contribution in [0.25, 0.3) is 0 Å². The Balaban J connectivity index is 3.06. The Bertz CT molecular complexity index is 535. The van der Waals surface area contributed by atoms with Gasteiger partial charge in [-0.2, -0.15) is 0 Å². The normalized spacial score (nSPS) is 11.0. The van der Waals surface area contributed by atoms with Crippen LogP contribution in [0.3, 0.4) is 0 Å². The lowest BCUT2D eigenvalue weighted by atomic mass is 10.2. The number of hydrogen-bond acceptors (Lipinski definition) is 0. The first-order chi connectivity index (χ1) is 8.20. The largest absolute Gasteiger partial charge is 0.130 e. The minimum Gasteiger partial charge on any atom is -0.118 e. The van der Waals surface area contributed by atoms with E-state index < -0.39 is 16.1 Å². The lowest BCUT2D eigenvalue weighted by Crippen LogP contribution is -2.39. The van der Waals surface area contributed by atoms with E-state index in [0.717, 1.165) is 5.56 Å². The highest BCUT2D eigenvalue weighted by atomic mass is 28.3. The third kappa shape index (κ3) is 4.96. The van der Waals surface area contributed by atoms with Gasteiger partial charge in [0.2, 0.25) is 0 Å². The van der Waals surface area contributed by atoms with Gasteiger partial charge in [0, 0.05) is 5.56 Å². The molecule has 0 aliphatic rings. The molecule has 0 aromatic heterocycles. The van der Waals surface area contributed by atoms with Crippen LogP contribution in [0.5, 0.6) is 0 Å². The fraction of sp³-hybridized carbons (Fsp3) is 0.375. The van der Waals surface area contributed by atoms with Gasteiger partial charge in [0.25, 0.3) is 0 Å². The van der Waals surface area contributed by atoms with Crippen LogP contribution in [0.1, 0.15) is 5.56 Å². The van der Waals surface area contributed by atoms with Crippen LogP contribution in [-0.2, 0) is 0 Å².